The van der Waals surface area contributed by atoms with E-state index in [4.69, 9.17) is 0 Å². The summed E-state index contributed by atoms with van der Waals surface area (Å²) in [6, 6.07) is 11.5. The first-order valence-corrected chi connectivity index (χ1v) is 9.61. The monoisotopic (exact) mass is 375 g/mol. The van der Waals surface area contributed by atoms with Crippen LogP contribution in [-0.2, 0) is 24.8 Å². The summed E-state index contributed by atoms with van der Waals surface area (Å²) in [5.74, 6) is 0.624. The van der Waals surface area contributed by atoms with E-state index in [2.05, 4.69) is 15.4 Å². The Bertz CT molecular complexity index is 1100. The maximum atomic E-state index is 13.1. The average molecular weight is 375 g/mol. The van der Waals surface area contributed by atoms with Crippen LogP contribution in [0.4, 0.5) is 5.82 Å². The molecule has 1 aliphatic heterocycles. The Morgan fingerprint density at radius 3 is 2.79 bits per heavy atom. The molecule has 1 saturated carbocycles. The first kappa shape index (κ1) is 16.9. The van der Waals surface area contributed by atoms with E-state index in [0.29, 0.717) is 31.0 Å². The third-order valence-corrected chi connectivity index (χ3v) is 5.54. The Hall–Kier alpha value is -3.22. The van der Waals surface area contributed by atoms with Crippen LogP contribution < -0.4 is 5.32 Å². The van der Waals surface area contributed by atoms with Crippen LogP contribution in [0.15, 0.2) is 36.4 Å². The highest BCUT2D eigenvalue weighted by molar-refractivity contribution is 5.96. The lowest BCUT2D eigenvalue weighted by atomic mass is 10.1. The molecule has 7 heteroatoms. The minimum atomic E-state index is -0.0975. The minimum Gasteiger partial charge on any atom is -0.332 e. The molecule has 7 nitrogen and oxygen atoms in total. The fourth-order valence-electron chi connectivity index (χ4n) is 3.78. The van der Waals surface area contributed by atoms with Crippen LogP contribution in [0.2, 0.25) is 0 Å². The number of aryl methyl sites for hydroxylation is 1. The Labute approximate surface area is 162 Å². The highest BCUT2D eigenvalue weighted by Gasteiger charge is 2.33. The van der Waals surface area contributed by atoms with E-state index < -0.39 is 0 Å². The predicted molar refractivity (Wildman–Crippen MR) is 105 cm³/mol. The molecule has 2 amide bonds. The minimum absolute atomic E-state index is 0.0283. The zero-order chi connectivity index (χ0) is 19.3. The van der Waals surface area contributed by atoms with E-state index in [9.17, 15) is 9.59 Å². The largest absolute Gasteiger partial charge is 0.332 e. The summed E-state index contributed by atoms with van der Waals surface area (Å²) >= 11 is 0. The molecule has 0 saturated heterocycles. The van der Waals surface area contributed by atoms with Crippen molar-refractivity contribution >= 4 is 28.5 Å². The van der Waals surface area contributed by atoms with Gasteiger partial charge >= 0.3 is 0 Å². The van der Waals surface area contributed by atoms with Gasteiger partial charge in [0.25, 0.3) is 5.91 Å². The van der Waals surface area contributed by atoms with Crippen LogP contribution in [0, 0.1) is 5.92 Å². The van der Waals surface area contributed by atoms with Gasteiger partial charge in [-0.1, -0.05) is 24.3 Å². The maximum Gasteiger partial charge on any atom is 0.272 e. The molecule has 5 rings (SSSR count). The van der Waals surface area contributed by atoms with Crippen molar-refractivity contribution in [2.75, 3.05) is 11.9 Å². The maximum absolute atomic E-state index is 13.1. The number of para-hydroxylation sites is 1. The van der Waals surface area contributed by atoms with Crippen molar-refractivity contribution in [3.8, 4) is 0 Å². The van der Waals surface area contributed by atoms with Crippen LogP contribution >= 0.6 is 0 Å². The quantitative estimate of drug-likeness (QED) is 0.763. The fraction of sp³-hybridized carbons (Fsp3) is 0.333. The molecule has 0 radical (unpaired) electrons. The van der Waals surface area contributed by atoms with Crippen LogP contribution in [0.1, 0.15) is 34.6 Å². The van der Waals surface area contributed by atoms with Crippen molar-refractivity contribution in [2.45, 2.75) is 25.8 Å². The number of rotatable bonds is 3. The number of hydrogen-bond acceptors (Lipinski definition) is 4. The normalized spacial score (nSPS) is 16.1. The molecule has 3 heterocycles. The molecule has 2 aromatic heterocycles. The topological polar surface area (TPSA) is 80.1 Å². The first-order chi connectivity index (χ1) is 13.6. The van der Waals surface area contributed by atoms with E-state index in [1.807, 2.05) is 42.1 Å². The summed E-state index contributed by atoms with van der Waals surface area (Å²) in [7, 11) is 1.88. The predicted octanol–water partition coefficient (Wildman–Crippen LogP) is 2.52. The molecule has 0 atom stereocenters. The van der Waals surface area contributed by atoms with E-state index >= 15 is 0 Å². The Balaban J connectivity index is 1.41. The molecule has 1 aromatic carbocycles. The average Bonchev–Trinajstić information content (AvgIpc) is 3.53. The summed E-state index contributed by atoms with van der Waals surface area (Å²) in [6.07, 6.45) is 2.59. The second-order valence-electron chi connectivity index (χ2n) is 7.53. The number of anilines is 1. The van der Waals surface area contributed by atoms with Crippen molar-refractivity contribution in [1.82, 2.24) is 19.7 Å². The van der Waals surface area contributed by atoms with Gasteiger partial charge in [-0.2, -0.15) is 5.10 Å². The van der Waals surface area contributed by atoms with Gasteiger partial charge in [0.05, 0.1) is 12.1 Å². The zero-order valence-corrected chi connectivity index (χ0v) is 15.7. The molecular weight excluding hydrogens is 354 g/mol. The van der Waals surface area contributed by atoms with E-state index in [1.54, 1.807) is 11.0 Å². The number of pyridine rings is 1. The smallest absolute Gasteiger partial charge is 0.272 e. The lowest BCUT2D eigenvalue weighted by Gasteiger charge is -2.27. The van der Waals surface area contributed by atoms with Gasteiger partial charge in [-0.05, 0) is 25.0 Å². The van der Waals surface area contributed by atoms with Gasteiger partial charge in [0.2, 0.25) is 5.91 Å². The van der Waals surface area contributed by atoms with Gasteiger partial charge < -0.3 is 10.2 Å². The summed E-state index contributed by atoms with van der Waals surface area (Å²) in [5.41, 5.74) is 3.25. The van der Waals surface area contributed by atoms with Crippen LogP contribution in [-0.4, -0.2) is 38.0 Å². The number of aromatic nitrogens is 3. The van der Waals surface area contributed by atoms with Crippen molar-refractivity contribution < 1.29 is 9.59 Å². The van der Waals surface area contributed by atoms with E-state index in [-0.39, 0.29) is 17.7 Å². The fourth-order valence-corrected chi connectivity index (χ4v) is 3.78. The van der Waals surface area contributed by atoms with Crippen LogP contribution in [0.3, 0.4) is 0 Å². The zero-order valence-electron chi connectivity index (χ0n) is 15.7. The Kier molecular flexibility index (Phi) is 3.89. The van der Waals surface area contributed by atoms with Gasteiger partial charge in [-0.25, -0.2) is 4.98 Å². The summed E-state index contributed by atoms with van der Waals surface area (Å²) in [5, 5.41) is 8.44. The van der Waals surface area contributed by atoms with Gasteiger partial charge in [0.1, 0.15) is 5.69 Å². The van der Waals surface area contributed by atoms with Gasteiger partial charge in [0.15, 0.2) is 5.82 Å². The van der Waals surface area contributed by atoms with Gasteiger partial charge in [-0.3, -0.25) is 14.3 Å². The highest BCUT2D eigenvalue weighted by Crippen LogP contribution is 2.32. The van der Waals surface area contributed by atoms with Crippen LogP contribution in [0.25, 0.3) is 10.9 Å². The molecule has 1 aliphatic carbocycles. The number of hydrogen-bond donors (Lipinski definition) is 1. The molecular formula is C21H21N5O2. The van der Waals surface area contributed by atoms with Crippen molar-refractivity contribution in [3.05, 3.63) is 53.3 Å². The van der Waals surface area contributed by atoms with Crippen molar-refractivity contribution in [1.29, 1.82) is 0 Å². The number of fused-ring (bicyclic) bond motifs is 2. The van der Waals surface area contributed by atoms with Gasteiger partial charge in [0, 0.05) is 42.6 Å². The first-order valence-electron chi connectivity index (χ1n) is 9.61. The summed E-state index contributed by atoms with van der Waals surface area (Å²) in [4.78, 5) is 31.6. The second-order valence-corrected chi connectivity index (χ2v) is 7.53. The number of nitrogens with one attached hydrogen (secondary N) is 1. The highest BCUT2D eigenvalue weighted by atomic mass is 16.2. The second kappa shape index (κ2) is 6.44. The molecule has 1 fully saturated rings. The Morgan fingerprint density at radius 1 is 1.14 bits per heavy atom. The molecule has 0 unspecified atom stereocenters. The lowest BCUT2D eigenvalue weighted by Crippen LogP contribution is -2.37. The summed E-state index contributed by atoms with van der Waals surface area (Å²) in [6.45, 7) is 1.03. The number of nitrogens with zero attached hydrogens (tertiary/aromatic N) is 4. The third kappa shape index (κ3) is 2.93. The molecule has 142 valence electrons. The molecule has 1 N–H and O–H groups in total. The third-order valence-electron chi connectivity index (χ3n) is 5.54. The standard InChI is InChI=1S/C21H21N5O2/c1-25-18-10-11-26(12-15(18)19(24-25)23-20(27)14-6-7-14)21(28)17-9-8-13-4-2-3-5-16(13)22-17/h2-5,8-9,14H,6-7,10-12H2,1H3,(H,23,24,27). The van der Waals surface area contributed by atoms with Crippen molar-refractivity contribution in [3.63, 3.8) is 0 Å². The number of amides is 2. The SMILES string of the molecule is Cn1nc(NC(=O)C2CC2)c2c1CCN(C(=O)c1ccc3ccccc3n1)C2. The molecule has 0 spiro atoms. The summed E-state index contributed by atoms with van der Waals surface area (Å²) < 4.78 is 1.81. The van der Waals surface area contributed by atoms with E-state index in [0.717, 1.165) is 35.0 Å². The van der Waals surface area contributed by atoms with Gasteiger partial charge in [-0.15, -0.1) is 0 Å². The van der Waals surface area contributed by atoms with E-state index in [1.165, 1.54) is 0 Å². The number of benzene rings is 1. The molecule has 0 bridgehead atoms. The lowest BCUT2D eigenvalue weighted by molar-refractivity contribution is -0.117. The van der Waals surface area contributed by atoms with Crippen LogP contribution in [0.5, 0.6) is 0 Å². The van der Waals surface area contributed by atoms with Crippen molar-refractivity contribution in [2.24, 2.45) is 13.0 Å². The number of carbonyl (C=O) groups excluding carboxylic acids is 2. The molecule has 3 aromatic rings. The number of carbonyl (C=O) groups is 2. The molecule has 2 aliphatic rings. The molecule has 28 heavy (non-hydrogen) atoms. The Morgan fingerprint density at radius 2 is 1.96 bits per heavy atom.